The third-order valence-electron chi connectivity index (χ3n) is 2.81. The standard InChI is InChI=1S/C12H14ClNO2/c1-16-12(15)9-5-4-6-10(13)11(9)14-7-2-3-8-14/h4-6H,2-3,7-8H2,1H3. The highest BCUT2D eigenvalue weighted by molar-refractivity contribution is 6.34. The van der Waals surface area contributed by atoms with Gasteiger partial charge in [0.15, 0.2) is 0 Å². The molecule has 0 atom stereocenters. The second-order valence-corrected chi connectivity index (χ2v) is 4.23. The Morgan fingerprint density at radius 2 is 2.06 bits per heavy atom. The van der Waals surface area contributed by atoms with Crippen molar-refractivity contribution in [2.45, 2.75) is 12.8 Å². The zero-order valence-corrected chi connectivity index (χ0v) is 9.96. The molecule has 4 heteroatoms. The van der Waals surface area contributed by atoms with Crippen molar-refractivity contribution in [3.63, 3.8) is 0 Å². The number of hydrogen-bond donors (Lipinski definition) is 0. The average Bonchev–Trinajstić information content (AvgIpc) is 2.81. The zero-order valence-electron chi connectivity index (χ0n) is 9.20. The molecule has 0 spiro atoms. The van der Waals surface area contributed by atoms with Crippen molar-refractivity contribution in [3.05, 3.63) is 28.8 Å². The summed E-state index contributed by atoms with van der Waals surface area (Å²) in [7, 11) is 1.39. The Labute approximate surface area is 100.0 Å². The number of anilines is 1. The SMILES string of the molecule is COC(=O)c1cccc(Cl)c1N1CCCC1. The summed E-state index contributed by atoms with van der Waals surface area (Å²) in [6, 6.07) is 5.33. The number of hydrogen-bond acceptors (Lipinski definition) is 3. The first kappa shape index (κ1) is 11.3. The molecule has 0 bridgehead atoms. The van der Waals surface area contributed by atoms with Crippen LogP contribution in [0.5, 0.6) is 0 Å². The molecule has 0 amide bonds. The molecule has 2 rings (SSSR count). The Bertz CT molecular complexity index is 400. The molecule has 16 heavy (non-hydrogen) atoms. The highest BCUT2D eigenvalue weighted by Crippen LogP contribution is 2.32. The molecule has 1 aromatic carbocycles. The third kappa shape index (κ3) is 2.00. The van der Waals surface area contributed by atoms with Crippen molar-refractivity contribution in [2.75, 3.05) is 25.1 Å². The fourth-order valence-electron chi connectivity index (χ4n) is 2.05. The van der Waals surface area contributed by atoms with Crippen LogP contribution in [0.4, 0.5) is 5.69 Å². The van der Waals surface area contributed by atoms with Crippen LogP contribution in [0, 0.1) is 0 Å². The summed E-state index contributed by atoms with van der Waals surface area (Å²) in [5, 5.41) is 0.616. The van der Waals surface area contributed by atoms with E-state index < -0.39 is 0 Å². The lowest BCUT2D eigenvalue weighted by molar-refractivity contribution is 0.0601. The van der Waals surface area contributed by atoms with Gasteiger partial charge in [-0.15, -0.1) is 0 Å². The van der Waals surface area contributed by atoms with Gasteiger partial charge in [-0.05, 0) is 25.0 Å². The van der Waals surface area contributed by atoms with Crippen molar-refractivity contribution >= 4 is 23.3 Å². The smallest absolute Gasteiger partial charge is 0.340 e. The number of methoxy groups -OCH3 is 1. The molecule has 1 aromatic rings. The van der Waals surface area contributed by atoms with E-state index in [9.17, 15) is 4.79 Å². The van der Waals surface area contributed by atoms with E-state index in [1.807, 2.05) is 6.07 Å². The quantitative estimate of drug-likeness (QED) is 0.744. The molecular weight excluding hydrogens is 226 g/mol. The molecule has 86 valence electrons. The number of benzene rings is 1. The molecule has 3 nitrogen and oxygen atoms in total. The molecule has 1 fully saturated rings. The normalized spacial score (nSPS) is 15.2. The van der Waals surface area contributed by atoms with Crippen LogP contribution in [0.25, 0.3) is 0 Å². The molecule has 0 aromatic heterocycles. The van der Waals surface area contributed by atoms with Gasteiger partial charge >= 0.3 is 5.97 Å². The Morgan fingerprint density at radius 1 is 1.38 bits per heavy atom. The van der Waals surface area contributed by atoms with Crippen LogP contribution in [0.3, 0.4) is 0 Å². The highest BCUT2D eigenvalue weighted by atomic mass is 35.5. The van der Waals surface area contributed by atoms with Gasteiger partial charge < -0.3 is 9.64 Å². The molecule has 0 saturated carbocycles. The van der Waals surface area contributed by atoms with Gasteiger partial charge in [-0.25, -0.2) is 4.79 Å². The largest absolute Gasteiger partial charge is 0.465 e. The maximum atomic E-state index is 11.6. The molecule has 1 heterocycles. The zero-order chi connectivity index (χ0) is 11.5. The topological polar surface area (TPSA) is 29.5 Å². The Morgan fingerprint density at radius 3 is 2.69 bits per heavy atom. The number of para-hydroxylation sites is 1. The fourth-order valence-corrected chi connectivity index (χ4v) is 2.35. The molecule has 1 aliphatic rings. The van der Waals surface area contributed by atoms with Crippen molar-refractivity contribution in [2.24, 2.45) is 0 Å². The van der Waals surface area contributed by atoms with Crippen LogP contribution in [-0.2, 0) is 4.74 Å². The van der Waals surface area contributed by atoms with Crippen molar-refractivity contribution in [1.82, 2.24) is 0 Å². The maximum Gasteiger partial charge on any atom is 0.340 e. The molecule has 1 saturated heterocycles. The van der Waals surface area contributed by atoms with E-state index in [1.165, 1.54) is 7.11 Å². The summed E-state index contributed by atoms with van der Waals surface area (Å²) >= 11 is 6.16. The number of halogens is 1. The lowest BCUT2D eigenvalue weighted by Gasteiger charge is -2.21. The van der Waals surface area contributed by atoms with E-state index in [2.05, 4.69) is 4.90 Å². The summed E-state index contributed by atoms with van der Waals surface area (Å²) in [4.78, 5) is 13.8. The number of carbonyl (C=O) groups is 1. The van der Waals surface area contributed by atoms with E-state index in [4.69, 9.17) is 16.3 Å². The van der Waals surface area contributed by atoms with Gasteiger partial charge in [0.2, 0.25) is 0 Å². The first-order chi connectivity index (χ1) is 7.74. The van der Waals surface area contributed by atoms with Gasteiger partial charge in [-0.1, -0.05) is 17.7 Å². The first-order valence-corrected chi connectivity index (χ1v) is 5.73. The predicted octanol–water partition coefficient (Wildman–Crippen LogP) is 2.73. The number of ether oxygens (including phenoxy) is 1. The van der Waals surface area contributed by atoms with Gasteiger partial charge in [0.1, 0.15) is 0 Å². The summed E-state index contributed by atoms with van der Waals surface area (Å²) in [5.74, 6) is -0.329. The Balaban J connectivity index is 2.43. The summed E-state index contributed by atoms with van der Waals surface area (Å²) < 4.78 is 4.77. The fraction of sp³-hybridized carbons (Fsp3) is 0.417. The van der Waals surface area contributed by atoms with Gasteiger partial charge in [0, 0.05) is 13.1 Å². The minimum atomic E-state index is -0.329. The molecular formula is C12H14ClNO2. The molecule has 1 aliphatic heterocycles. The second kappa shape index (κ2) is 4.74. The summed E-state index contributed by atoms with van der Waals surface area (Å²) in [6.45, 7) is 1.90. The molecule has 0 N–H and O–H groups in total. The van der Waals surface area contributed by atoms with E-state index in [0.717, 1.165) is 31.6 Å². The monoisotopic (exact) mass is 239 g/mol. The minimum absolute atomic E-state index is 0.329. The van der Waals surface area contributed by atoms with Crippen LogP contribution >= 0.6 is 11.6 Å². The molecule has 0 radical (unpaired) electrons. The molecule has 0 aliphatic carbocycles. The van der Waals surface area contributed by atoms with E-state index in [0.29, 0.717) is 10.6 Å². The summed E-state index contributed by atoms with van der Waals surface area (Å²) in [6.07, 6.45) is 2.29. The number of carbonyl (C=O) groups excluding carboxylic acids is 1. The van der Waals surface area contributed by atoms with Gasteiger partial charge in [0.25, 0.3) is 0 Å². The number of rotatable bonds is 2. The highest BCUT2D eigenvalue weighted by Gasteiger charge is 2.22. The second-order valence-electron chi connectivity index (χ2n) is 3.82. The Kier molecular flexibility index (Phi) is 3.34. The van der Waals surface area contributed by atoms with Crippen LogP contribution in [-0.4, -0.2) is 26.2 Å². The van der Waals surface area contributed by atoms with E-state index in [-0.39, 0.29) is 5.97 Å². The van der Waals surface area contributed by atoms with Crippen LogP contribution < -0.4 is 4.90 Å². The van der Waals surface area contributed by atoms with E-state index >= 15 is 0 Å². The summed E-state index contributed by atoms with van der Waals surface area (Å²) in [5.41, 5.74) is 1.37. The van der Waals surface area contributed by atoms with E-state index in [1.54, 1.807) is 12.1 Å². The predicted molar refractivity (Wildman–Crippen MR) is 64.2 cm³/mol. The van der Waals surface area contributed by atoms with Gasteiger partial charge in [-0.3, -0.25) is 0 Å². The lowest BCUT2D eigenvalue weighted by Crippen LogP contribution is -2.21. The van der Waals surface area contributed by atoms with Crippen molar-refractivity contribution < 1.29 is 9.53 Å². The minimum Gasteiger partial charge on any atom is -0.465 e. The van der Waals surface area contributed by atoms with Gasteiger partial charge in [-0.2, -0.15) is 0 Å². The van der Waals surface area contributed by atoms with Crippen molar-refractivity contribution in [1.29, 1.82) is 0 Å². The number of esters is 1. The van der Waals surface area contributed by atoms with Crippen LogP contribution in [0.2, 0.25) is 5.02 Å². The molecule has 0 unspecified atom stereocenters. The lowest BCUT2D eigenvalue weighted by atomic mass is 10.1. The Hall–Kier alpha value is -1.22. The van der Waals surface area contributed by atoms with Gasteiger partial charge in [0.05, 0.1) is 23.4 Å². The van der Waals surface area contributed by atoms with Crippen LogP contribution in [0.15, 0.2) is 18.2 Å². The van der Waals surface area contributed by atoms with Crippen LogP contribution in [0.1, 0.15) is 23.2 Å². The maximum absolute atomic E-state index is 11.6. The van der Waals surface area contributed by atoms with Crippen molar-refractivity contribution in [3.8, 4) is 0 Å². The first-order valence-electron chi connectivity index (χ1n) is 5.36. The average molecular weight is 240 g/mol. The number of nitrogens with zero attached hydrogens (tertiary/aromatic N) is 1. The third-order valence-corrected chi connectivity index (χ3v) is 3.12.